The minimum atomic E-state index is -5.92. The van der Waals surface area contributed by atoms with Gasteiger partial charge in [-0.25, -0.2) is 19.3 Å². The van der Waals surface area contributed by atoms with Crippen molar-refractivity contribution in [3.05, 3.63) is 12.7 Å². The van der Waals surface area contributed by atoms with E-state index < -0.39 is 95.5 Å². The Morgan fingerprint density at radius 1 is 1.07 bits per heavy atom. The van der Waals surface area contributed by atoms with Crippen molar-refractivity contribution >= 4 is 74.9 Å². The first kappa shape index (κ1) is 45.6. The molecule has 0 radical (unpaired) electrons. The van der Waals surface area contributed by atoms with Crippen molar-refractivity contribution in [2.75, 3.05) is 37.8 Å². The highest BCUT2D eigenvalue weighted by Crippen LogP contribution is 2.56. The standard InChI is InChI=1S/C25H40N7O18P3S/c1-4-13(33)24(38)54-8-7-27-15(34)5-6-28-22(37)19(36)25(2,3)10-47-53(44,45)50-52(42,43)46-9-14-18(49-51(39,40)41)17(35)23(48-14)32-12-31-16-20(26)29-11-30-21(16)32/h11-12,14,17-19,23,35-36H,4-10H2,1-3H3,(H,27,34)(H,28,37)(H,42,43)(H,44,45)(H2,26,29,30)(H2,39,40,41)/p-4/t14-,17-,18-,19+,23-/m1/s1. The quantitative estimate of drug-likeness (QED) is 0.0455. The average molecular weight is 848 g/mol. The van der Waals surface area contributed by atoms with E-state index in [4.69, 9.17) is 10.5 Å². The number of imidazole rings is 1. The summed E-state index contributed by atoms with van der Waals surface area (Å²) in [6.45, 7) is 1.38. The number of thioether (sulfide) groups is 1. The van der Waals surface area contributed by atoms with Crippen LogP contribution in [-0.4, -0.2) is 109 Å². The van der Waals surface area contributed by atoms with Gasteiger partial charge in [-0.05, 0) is 0 Å². The van der Waals surface area contributed by atoms with Gasteiger partial charge in [0, 0.05) is 37.1 Å². The first-order valence-electron chi connectivity index (χ1n) is 15.5. The zero-order chi connectivity index (χ0) is 40.6. The number of carbonyl (C=O) groups excluding carboxylic acids is 4. The van der Waals surface area contributed by atoms with Crippen LogP contribution in [-0.2, 0) is 55.5 Å². The molecular weight excluding hydrogens is 811 g/mol. The van der Waals surface area contributed by atoms with Crippen LogP contribution in [0.15, 0.2) is 12.7 Å². The number of hydrogen-bond donors (Lipinski definition) is 5. The maximum atomic E-state index is 12.5. The number of rotatable bonds is 21. The summed E-state index contributed by atoms with van der Waals surface area (Å²) in [7, 11) is -17.6. The van der Waals surface area contributed by atoms with Crippen molar-refractivity contribution in [2.45, 2.75) is 64.3 Å². The van der Waals surface area contributed by atoms with E-state index >= 15 is 0 Å². The third-order valence-corrected chi connectivity index (χ3v) is 11.2. The molecule has 1 fully saturated rings. The predicted molar refractivity (Wildman–Crippen MR) is 174 cm³/mol. The van der Waals surface area contributed by atoms with Crippen molar-refractivity contribution < 1.29 is 85.3 Å². The monoisotopic (exact) mass is 847 g/mol. The van der Waals surface area contributed by atoms with Crippen LogP contribution in [0.1, 0.15) is 39.8 Å². The number of nitrogens with two attached hydrogens (primary N) is 1. The van der Waals surface area contributed by atoms with E-state index in [1.807, 2.05) is 0 Å². The van der Waals surface area contributed by atoms with E-state index in [0.717, 1.165) is 29.0 Å². The molecule has 2 aromatic rings. The van der Waals surface area contributed by atoms with Crippen molar-refractivity contribution in [2.24, 2.45) is 5.41 Å². The Labute approximate surface area is 310 Å². The van der Waals surface area contributed by atoms with E-state index in [9.17, 15) is 62.7 Å². The maximum absolute atomic E-state index is 12.5. The largest absolute Gasteiger partial charge is 0.790 e. The zero-order valence-electron chi connectivity index (χ0n) is 28.5. The highest BCUT2D eigenvalue weighted by molar-refractivity contribution is 8.15. The van der Waals surface area contributed by atoms with Crippen LogP contribution in [0.5, 0.6) is 0 Å². The number of carbonyl (C=O) groups is 4. The molecule has 2 unspecified atom stereocenters. The number of nitrogens with zero attached hydrogens (tertiary/aromatic N) is 4. The number of Topliss-reactive ketones (excluding diaryl/α,β-unsaturated/α-hetero) is 1. The summed E-state index contributed by atoms with van der Waals surface area (Å²) in [5.41, 5.74) is 4.02. The first-order chi connectivity index (χ1) is 25.0. The van der Waals surface area contributed by atoms with Gasteiger partial charge in [0.15, 0.2) is 17.7 Å². The number of nitrogen functional groups attached to an aromatic ring is 1. The smallest absolute Gasteiger partial charge is 0.274 e. The number of amides is 2. The molecule has 29 heteroatoms. The summed E-state index contributed by atoms with van der Waals surface area (Å²) in [6, 6.07) is 0. The van der Waals surface area contributed by atoms with Crippen molar-refractivity contribution in [3.63, 3.8) is 0 Å². The maximum Gasteiger partial charge on any atom is 0.274 e. The Balaban J connectivity index is 1.51. The molecule has 6 N–H and O–H groups in total. The fraction of sp³-hybridized carbons (Fsp3) is 0.640. The molecule has 0 aliphatic carbocycles. The molecule has 304 valence electrons. The molecule has 3 rings (SSSR count). The number of aromatic nitrogens is 4. The minimum Gasteiger partial charge on any atom is -0.790 e. The number of aliphatic hydroxyl groups excluding tert-OH is 2. The van der Waals surface area contributed by atoms with Gasteiger partial charge in [-0.15, -0.1) is 0 Å². The van der Waals surface area contributed by atoms with Crippen LogP contribution in [0.4, 0.5) is 5.82 Å². The summed E-state index contributed by atoms with van der Waals surface area (Å²) < 4.78 is 60.3. The molecule has 25 nitrogen and oxygen atoms in total. The van der Waals surface area contributed by atoms with E-state index in [0.29, 0.717) is 0 Å². The average Bonchev–Trinajstić information content (AvgIpc) is 3.64. The lowest BCUT2D eigenvalue weighted by atomic mass is 9.87. The Kier molecular flexibility index (Phi) is 16.0. The predicted octanol–water partition coefficient (Wildman–Crippen LogP) is -3.88. The van der Waals surface area contributed by atoms with E-state index in [1.165, 1.54) is 20.8 Å². The number of hydrogen-bond acceptors (Lipinski definition) is 23. The minimum absolute atomic E-state index is 0.0284. The lowest BCUT2D eigenvalue weighted by Gasteiger charge is -2.36. The van der Waals surface area contributed by atoms with Crippen LogP contribution in [0.25, 0.3) is 11.2 Å². The Morgan fingerprint density at radius 2 is 1.74 bits per heavy atom. The molecule has 0 bridgehead atoms. The van der Waals surface area contributed by atoms with E-state index in [1.54, 1.807) is 0 Å². The summed E-state index contributed by atoms with van der Waals surface area (Å²) in [4.78, 5) is 106. The molecule has 3 heterocycles. The van der Waals surface area contributed by atoms with Gasteiger partial charge >= 0.3 is 0 Å². The molecule has 2 amide bonds. The fourth-order valence-electron chi connectivity index (χ4n) is 4.48. The number of phosphoric ester groups is 3. The lowest BCUT2D eigenvalue weighted by Crippen LogP contribution is -2.46. The van der Waals surface area contributed by atoms with Gasteiger partial charge < -0.3 is 69.0 Å². The number of phosphoric acid groups is 3. The fourth-order valence-corrected chi connectivity index (χ4v) is 7.91. The van der Waals surface area contributed by atoms with Crippen molar-refractivity contribution in [1.82, 2.24) is 30.2 Å². The second kappa shape index (κ2) is 18.9. The SMILES string of the molecule is CCC(=O)C(=O)SCCNC(=O)CCNC(=O)[C@H](O)C(C)(C)COP(=O)([O-])OP(=O)([O-])OC[C@H]1O[C@@H](n2cnc3c(N)ncnc32)[C@H](O)[C@@H]1OP(=O)([O-])[O-]. The van der Waals surface area contributed by atoms with Gasteiger partial charge in [0.25, 0.3) is 20.8 Å². The molecule has 2 aromatic heterocycles. The number of aliphatic hydroxyl groups is 2. The number of fused-ring (bicyclic) bond motifs is 1. The summed E-state index contributed by atoms with van der Waals surface area (Å²) in [6.07, 6.45) is -7.66. The van der Waals surface area contributed by atoms with Crippen molar-refractivity contribution in [3.8, 4) is 0 Å². The van der Waals surface area contributed by atoms with E-state index in [2.05, 4.69) is 43.5 Å². The van der Waals surface area contributed by atoms with Crippen LogP contribution >= 0.6 is 35.2 Å². The number of ketones is 1. The molecule has 0 aromatic carbocycles. The second-order valence-corrected chi connectivity index (χ2v) is 17.0. The molecule has 54 heavy (non-hydrogen) atoms. The number of nitrogens with one attached hydrogen (secondary N) is 2. The molecule has 1 aliphatic heterocycles. The van der Waals surface area contributed by atoms with E-state index in [-0.39, 0.29) is 48.7 Å². The summed E-state index contributed by atoms with van der Waals surface area (Å²) >= 11 is 0.742. The van der Waals surface area contributed by atoms with Gasteiger partial charge in [0.1, 0.15) is 36.3 Å². The van der Waals surface area contributed by atoms with Crippen LogP contribution in [0.3, 0.4) is 0 Å². The third-order valence-electron chi connectivity index (χ3n) is 7.26. The van der Waals surface area contributed by atoms with Crippen LogP contribution in [0.2, 0.25) is 0 Å². The lowest BCUT2D eigenvalue weighted by molar-refractivity contribution is -0.347. The molecule has 7 atom stereocenters. The molecule has 1 aliphatic rings. The van der Waals surface area contributed by atoms with Gasteiger partial charge in [-0.1, -0.05) is 32.5 Å². The number of ether oxygens (including phenoxy) is 1. The first-order valence-corrected chi connectivity index (χ1v) is 20.9. The summed E-state index contributed by atoms with van der Waals surface area (Å²) in [5, 5.41) is 25.3. The van der Waals surface area contributed by atoms with Gasteiger partial charge in [0.2, 0.25) is 17.6 Å². The highest BCUT2D eigenvalue weighted by atomic mass is 32.2. The Bertz CT molecular complexity index is 1830. The topological polar surface area (TPSA) is 392 Å². The highest BCUT2D eigenvalue weighted by Gasteiger charge is 2.47. The summed E-state index contributed by atoms with van der Waals surface area (Å²) in [5.74, 6) is -2.08. The Hall–Kier alpha value is -2.77. The van der Waals surface area contributed by atoms with Gasteiger partial charge in [-0.2, -0.15) is 0 Å². The molecule has 0 saturated carbocycles. The zero-order valence-corrected chi connectivity index (χ0v) is 32.0. The van der Waals surface area contributed by atoms with Crippen LogP contribution < -0.4 is 35.9 Å². The number of anilines is 1. The molecular formula is C25H36N7O18P3S-4. The second-order valence-electron chi connectivity index (χ2n) is 11.9. The van der Waals surface area contributed by atoms with Gasteiger partial charge in [-0.3, -0.25) is 32.9 Å². The Morgan fingerprint density at radius 3 is 2.39 bits per heavy atom. The molecule has 0 spiro atoms. The van der Waals surface area contributed by atoms with Crippen molar-refractivity contribution in [1.29, 1.82) is 0 Å². The van der Waals surface area contributed by atoms with Gasteiger partial charge in [0.05, 0.1) is 27.4 Å². The van der Waals surface area contributed by atoms with Crippen LogP contribution in [0, 0.1) is 5.41 Å². The third kappa shape index (κ3) is 13.2. The molecule has 1 saturated heterocycles. The normalized spacial score (nSPS) is 21.9.